The monoisotopic (exact) mass is 513 g/mol. The summed E-state index contributed by atoms with van der Waals surface area (Å²) in [6.45, 7) is 12.0. The largest absolute Gasteiger partial charge is 0.430 e. The average molecular weight is 514 g/mol. The first-order valence-electron chi connectivity index (χ1n) is 13.0. The molecule has 2 aliphatic rings. The Morgan fingerprint density at radius 3 is 2.16 bits per heavy atom. The van der Waals surface area contributed by atoms with Gasteiger partial charge in [-0.1, -0.05) is 26.2 Å². The molecule has 0 unspecified atom stereocenters. The number of carbonyl (C=O) groups is 4. The Hall–Kier alpha value is -3.36. The van der Waals surface area contributed by atoms with Crippen LogP contribution in [-0.4, -0.2) is 29.9 Å². The van der Waals surface area contributed by atoms with Crippen LogP contribution in [0.1, 0.15) is 92.6 Å². The third-order valence-corrected chi connectivity index (χ3v) is 6.30. The van der Waals surface area contributed by atoms with E-state index >= 15 is 0 Å². The van der Waals surface area contributed by atoms with Gasteiger partial charge in [-0.3, -0.25) is 9.59 Å². The van der Waals surface area contributed by atoms with Crippen LogP contribution in [0.2, 0.25) is 0 Å². The molecule has 1 saturated carbocycles. The number of hydroxylamine groups is 1. The highest BCUT2D eigenvalue weighted by atomic mass is 16.7. The molecular weight excluding hydrogens is 474 g/mol. The first kappa shape index (κ1) is 28.2. The third kappa shape index (κ3) is 6.70. The van der Waals surface area contributed by atoms with Gasteiger partial charge < -0.3 is 20.2 Å². The lowest BCUT2D eigenvalue weighted by Crippen LogP contribution is -2.39. The molecule has 37 heavy (non-hydrogen) atoms. The fourth-order valence-electron chi connectivity index (χ4n) is 4.06. The van der Waals surface area contributed by atoms with E-state index in [2.05, 4.69) is 10.6 Å². The number of rotatable bonds is 5. The molecule has 3 rings (SSSR count). The maximum atomic E-state index is 13.6. The van der Waals surface area contributed by atoms with E-state index < -0.39 is 28.7 Å². The summed E-state index contributed by atoms with van der Waals surface area (Å²) in [5.41, 5.74) is -0.329. The highest BCUT2D eigenvalue weighted by molar-refractivity contribution is 6.33. The number of benzene rings is 1. The smallest absolute Gasteiger partial charge is 0.338 e. The second-order valence-corrected chi connectivity index (χ2v) is 11.7. The van der Waals surface area contributed by atoms with Crippen LogP contribution in [0.15, 0.2) is 24.0 Å². The third-order valence-electron chi connectivity index (χ3n) is 6.30. The van der Waals surface area contributed by atoms with Crippen LogP contribution >= 0.6 is 0 Å². The van der Waals surface area contributed by atoms with Crippen LogP contribution in [-0.2, 0) is 24.0 Å². The van der Waals surface area contributed by atoms with Crippen molar-refractivity contribution < 1.29 is 28.8 Å². The van der Waals surface area contributed by atoms with Crippen LogP contribution in [0, 0.1) is 10.8 Å². The Balaban J connectivity index is 1.97. The van der Waals surface area contributed by atoms with Crippen molar-refractivity contribution in [3.05, 3.63) is 29.5 Å². The summed E-state index contributed by atoms with van der Waals surface area (Å²) in [7, 11) is 0. The maximum absolute atomic E-state index is 13.6. The van der Waals surface area contributed by atoms with Gasteiger partial charge in [0.25, 0.3) is 5.91 Å². The summed E-state index contributed by atoms with van der Waals surface area (Å²) in [5, 5.41) is 6.73. The zero-order chi connectivity index (χ0) is 27.5. The minimum absolute atomic E-state index is 0.133. The lowest BCUT2D eigenvalue weighted by atomic mass is 9.96. The quantitative estimate of drug-likeness (QED) is 0.296. The zero-order valence-corrected chi connectivity index (χ0v) is 22.9. The Morgan fingerprint density at radius 2 is 1.59 bits per heavy atom. The van der Waals surface area contributed by atoms with Crippen molar-refractivity contribution in [3.63, 3.8) is 0 Å². The average Bonchev–Trinajstić information content (AvgIpc) is 3.07. The molecule has 1 aliphatic heterocycles. The molecule has 0 bridgehead atoms. The van der Waals surface area contributed by atoms with Gasteiger partial charge in [0.1, 0.15) is 5.76 Å². The molecule has 1 fully saturated rings. The molecular formula is C28H39N3O6. The molecule has 3 amide bonds. The van der Waals surface area contributed by atoms with Crippen molar-refractivity contribution >= 4 is 40.8 Å². The summed E-state index contributed by atoms with van der Waals surface area (Å²) in [6.07, 6.45) is 5.53. The molecule has 9 heteroatoms. The van der Waals surface area contributed by atoms with Crippen LogP contribution in [0.5, 0.6) is 0 Å². The number of nitrogens with zero attached hydrogens (tertiary/aromatic N) is 1. The number of nitrogens with one attached hydrogen (secondary N) is 2. The van der Waals surface area contributed by atoms with E-state index in [1.54, 1.807) is 66.7 Å². The predicted molar refractivity (Wildman–Crippen MR) is 141 cm³/mol. The fourth-order valence-corrected chi connectivity index (χ4v) is 4.06. The SMILES string of the molecule is CC/C(OC(=O)C(C)(C)C)=C1/C(=O)N(OC(=O)C(C)(C)C)c2cc(NC(=O)NC3CCCCC3)ccc21. The summed E-state index contributed by atoms with van der Waals surface area (Å²) in [5.74, 6) is -1.51. The number of esters is 1. The minimum Gasteiger partial charge on any atom is -0.430 e. The Morgan fingerprint density at radius 1 is 0.973 bits per heavy atom. The first-order valence-corrected chi connectivity index (χ1v) is 13.0. The first-order chi connectivity index (χ1) is 17.2. The Bertz CT molecular complexity index is 1100. The summed E-state index contributed by atoms with van der Waals surface area (Å²) in [6, 6.07) is 4.70. The van der Waals surface area contributed by atoms with Crippen molar-refractivity contribution in [2.24, 2.45) is 10.8 Å². The molecule has 0 saturated heterocycles. The Labute approximate surface area is 218 Å². The number of urea groups is 1. The number of fused-ring (bicyclic) bond motifs is 1. The van der Waals surface area contributed by atoms with E-state index in [9.17, 15) is 19.2 Å². The second-order valence-electron chi connectivity index (χ2n) is 11.7. The van der Waals surface area contributed by atoms with E-state index in [4.69, 9.17) is 9.57 Å². The lowest BCUT2D eigenvalue weighted by molar-refractivity contribution is -0.157. The molecule has 1 aromatic rings. The summed E-state index contributed by atoms with van der Waals surface area (Å²) >= 11 is 0. The lowest BCUT2D eigenvalue weighted by Gasteiger charge is -2.23. The summed E-state index contributed by atoms with van der Waals surface area (Å²) in [4.78, 5) is 57.0. The molecule has 2 N–H and O–H groups in total. The minimum atomic E-state index is -0.866. The van der Waals surface area contributed by atoms with Gasteiger partial charge in [0.05, 0.1) is 22.1 Å². The van der Waals surface area contributed by atoms with E-state index in [1.165, 1.54) is 6.42 Å². The van der Waals surface area contributed by atoms with Crippen molar-refractivity contribution in [1.82, 2.24) is 5.32 Å². The number of allylic oxidation sites excluding steroid dienone is 1. The van der Waals surface area contributed by atoms with Crippen molar-refractivity contribution in [2.75, 3.05) is 10.4 Å². The molecule has 0 aromatic heterocycles. The van der Waals surface area contributed by atoms with Gasteiger partial charge in [-0.05, 0) is 72.6 Å². The highest BCUT2D eigenvalue weighted by Crippen LogP contribution is 2.42. The number of hydrogen-bond acceptors (Lipinski definition) is 6. The Kier molecular flexibility index (Phi) is 8.35. The van der Waals surface area contributed by atoms with Crippen LogP contribution in [0.3, 0.4) is 0 Å². The van der Waals surface area contributed by atoms with Gasteiger partial charge in [-0.2, -0.15) is 0 Å². The number of carbonyl (C=O) groups excluding carboxylic acids is 4. The highest BCUT2D eigenvalue weighted by Gasteiger charge is 2.41. The number of amides is 3. The molecule has 1 heterocycles. The van der Waals surface area contributed by atoms with Gasteiger partial charge in [0, 0.05) is 23.7 Å². The van der Waals surface area contributed by atoms with Gasteiger partial charge >= 0.3 is 18.0 Å². The zero-order valence-electron chi connectivity index (χ0n) is 22.9. The predicted octanol–water partition coefficient (Wildman–Crippen LogP) is 5.70. The van der Waals surface area contributed by atoms with E-state index in [1.807, 2.05) is 0 Å². The molecule has 1 aliphatic carbocycles. The molecule has 0 atom stereocenters. The number of ether oxygens (including phenoxy) is 1. The van der Waals surface area contributed by atoms with Gasteiger partial charge in [-0.25, -0.2) is 9.59 Å². The van der Waals surface area contributed by atoms with Crippen LogP contribution in [0.4, 0.5) is 16.2 Å². The fraction of sp³-hybridized carbons (Fsp3) is 0.571. The normalized spacial score (nSPS) is 17.7. The van der Waals surface area contributed by atoms with E-state index in [0.717, 1.165) is 30.7 Å². The summed E-state index contributed by atoms with van der Waals surface area (Å²) < 4.78 is 5.65. The molecule has 1 aromatic carbocycles. The van der Waals surface area contributed by atoms with E-state index in [-0.39, 0.29) is 35.5 Å². The van der Waals surface area contributed by atoms with Gasteiger partial charge in [0.2, 0.25) is 0 Å². The van der Waals surface area contributed by atoms with Gasteiger partial charge in [-0.15, -0.1) is 5.06 Å². The topological polar surface area (TPSA) is 114 Å². The van der Waals surface area contributed by atoms with Crippen molar-refractivity contribution in [1.29, 1.82) is 0 Å². The van der Waals surface area contributed by atoms with Crippen molar-refractivity contribution in [2.45, 2.75) is 93.0 Å². The molecule has 0 radical (unpaired) electrons. The second kappa shape index (κ2) is 10.9. The molecule has 0 spiro atoms. The number of hydrogen-bond donors (Lipinski definition) is 2. The van der Waals surface area contributed by atoms with Gasteiger partial charge in [0.15, 0.2) is 0 Å². The molecule has 202 valence electrons. The molecule has 9 nitrogen and oxygen atoms in total. The standard InChI is InChI=1S/C28H39N3O6/c1-8-21(36-24(33)27(2,3)4)22-19-15-14-18(30-26(35)29-17-12-10-9-11-13-17)16-20(19)31(23(22)32)37-25(34)28(5,6)7/h14-17H,8-13H2,1-7H3,(H2,29,30,35)/b22-21-. The van der Waals surface area contributed by atoms with E-state index in [0.29, 0.717) is 11.3 Å². The number of anilines is 2. The van der Waals surface area contributed by atoms with Crippen molar-refractivity contribution in [3.8, 4) is 0 Å². The maximum Gasteiger partial charge on any atom is 0.338 e. The van der Waals surface area contributed by atoms with Crippen LogP contribution in [0.25, 0.3) is 5.57 Å². The van der Waals surface area contributed by atoms with Crippen LogP contribution < -0.4 is 15.7 Å².